The molecule has 0 aliphatic carbocycles. The van der Waals surface area contributed by atoms with Crippen LogP contribution in [0.2, 0.25) is 0 Å². The summed E-state index contributed by atoms with van der Waals surface area (Å²) in [6.07, 6.45) is 6.05. The van der Waals surface area contributed by atoms with E-state index < -0.39 is 0 Å². The van der Waals surface area contributed by atoms with Crippen LogP contribution in [0.1, 0.15) is 108 Å². The Morgan fingerprint density at radius 2 is 1.43 bits per heavy atom. The number of thioether (sulfide) groups is 1. The third-order valence-electron chi connectivity index (χ3n) is 4.51. The lowest BCUT2D eigenvalue weighted by Gasteiger charge is -2.34. The first-order valence-corrected chi connectivity index (χ1v) is 12.2. The van der Waals surface area contributed by atoms with Crippen molar-refractivity contribution < 1.29 is 9.53 Å². The van der Waals surface area contributed by atoms with Crippen LogP contribution in [0.25, 0.3) is 0 Å². The largest absolute Gasteiger partial charge is 0.373 e. The maximum absolute atomic E-state index is 12.3. The smallest absolute Gasteiger partial charge is 0.220 e. The van der Waals surface area contributed by atoms with E-state index in [0.717, 1.165) is 25.7 Å². The Kier molecular flexibility index (Phi) is 11.7. The third kappa shape index (κ3) is 17.8. The highest BCUT2D eigenvalue weighted by Gasteiger charge is 2.27. The number of amides is 1. The number of rotatable bonds is 13. The van der Waals surface area contributed by atoms with Crippen LogP contribution in [0.4, 0.5) is 0 Å². The fourth-order valence-electron chi connectivity index (χ4n) is 2.64. The SMILES string of the molecule is CC(C)(C)CCC(C)(C)OCC(C)(C)NC(=O)CCCCCSCC(C)(C)C. The summed E-state index contributed by atoms with van der Waals surface area (Å²) in [5, 5.41) is 3.15. The van der Waals surface area contributed by atoms with Crippen molar-refractivity contribution in [2.24, 2.45) is 10.8 Å². The summed E-state index contributed by atoms with van der Waals surface area (Å²) >= 11 is 2.03. The number of carbonyl (C=O) groups is 1. The van der Waals surface area contributed by atoms with E-state index in [4.69, 9.17) is 4.74 Å². The molecule has 0 atom stereocenters. The zero-order valence-electron chi connectivity index (χ0n) is 20.6. The zero-order valence-corrected chi connectivity index (χ0v) is 21.4. The number of nitrogens with one attached hydrogen (secondary N) is 1. The molecule has 0 saturated carbocycles. The number of ether oxygens (including phenoxy) is 1. The molecule has 0 aromatic heterocycles. The van der Waals surface area contributed by atoms with Crippen molar-refractivity contribution in [3.05, 3.63) is 0 Å². The highest BCUT2D eigenvalue weighted by molar-refractivity contribution is 7.99. The van der Waals surface area contributed by atoms with E-state index >= 15 is 0 Å². The van der Waals surface area contributed by atoms with Crippen LogP contribution in [0.3, 0.4) is 0 Å². The Labute approximate surface area is 180 Å². The average Bonchev–Trinajstić information content (AvgIpc) is 2.48. The van der Waals surface area contributed by atoms with Crippen molar-refractivity contribution in [1.29, 1.82) is 0 Å². The maximum atomic E-state index is 12.3. The molecule has 0 unspecified atom stereocenters. The molecule has 0 bridgehead atoms. The second kappa shape index (κ2) is 11.8. The maximum Gasteiger partial charge on any atom is 0.220 e. The third-order valence-corrected chi connectivity index (χ3v) is 6.15. The minimum Gasteiger partial charge on any atom is -0.373 e. The van der Waals surface area contributed by atoms with Crippen LogP contribution >= 0.6 is 11.8 Å². The number of hydrogen-bond donors (Lipinski definition) is 1. The minimum absolute atomic E-state index is 0.142. The van der Waals surface area contributed by atoms with Crippen LogP contribution in [-0.4, -0.2) is 35.2 Å². The second-order valence-corrected chi connectivity index (χ2v) is 13.1. The average molecular weight is 416 g/mol. The summed E-state index contributed by atoms with van der Waals surface area (Å²) < 4.78 is 6.17. The first kappa shape index (κ1) is 27.8. The van der Waals surface area contributed by atoms with Gasteiger partial charge in [0.05, 0.1) is 17.7 Å². The zero-order chi connectivity index (χ0) is 22.1. The van der Waals surface area contributed by atoms with Gasteiger partial charge in [-0.3, -0.25) is 4.79 Å². The van der Waals surface area contributed by atoms with E-state index in [9.17, 15) is 4.79 Å². The molecule has 0 aromatic carbocycles. The van der Waals surface area contributed by atoms with E-state index in [-0.39, 0.29) is 17.0 Å². The fraction of sp³-hybridized carbons (Fsp3) is 0.958. The summed E-state index contributed by atoms with van der Waals surface area (Å²) in [5.41, 5.74) is 0.216. The van der Waals surface area contributed by atoms with Gasteiger partial charge < -0.3 is 10.1 Å². The molecular weight excluding hydrogens is 366 g/mol. The summed E-state index contributed by atoms with van der Waals surface area (Å²) in [6.45, 7) is 22.6. The Morgan fingerprint density at radius 1 is 0.821 bits per heavy atom. The van der Waals surface area contributed by atoms with Gasteiger partial charge >= 0.3 is 0 Å². The van der Waals surface area contributed by atoms with Gasteiger partial charge in [0.25, 0.3) is 0 Å². The van der Waals surface area contributed by atoms with Gasteiger partial charge in [-0.1, -0.05) is 48.0 Å². The van der Waals surface area contributed by atoms with Crippen LogP contribution in [0.5, 0.6) is 0 Å². The number of carbonyl (C=O) groups excluding carboxylic acids is 1. The van der Waals surface area contributed by atoms with Crippen molar-refractivity contribution in [3.8, 4) is 0 Å². The van der Waals surface area contributed by atoms with Gasteiger partial charge in [-0.2, -0.15) is 11.8 Å². The van der Waals surface area contributed by atoms with Gasteiger partial charge in [-0.25, -0.2) is 0 Å². The van der Waals surface area contributed by atoms with E-state index in [1.807, 2.05) is 25.6 Å². The summed E-state index contributed by atoms with van der Waals surface area (Å²) in [6, 6.07) is 0. The normalized spacial score (nSPS) is 13.6. The molecule has 1 N–H and O–H groups in total. The van der Waals surface area contributed by atoms with Gasteiger partial charge in [-0.05, 0) is 75.7 Å². The molecular formula is C24H49NO2S. The fourth-order valence-corrected chi connectivity index (χ4v) is 3.81. The van der Waals surface area contributed by atoms with Gasteiger partial charge in [0.2, 0.25) is 5.91 Å². The molecule has 0 aliphatic heterocycles. The molecule has 28 heavy (non-hydrogen) atoms. The number of hydrogen-bond acceptors (Lipinski definition) is 3. The molecule has 0 saturated heterocycles. The van der Waals surface area contributed by atoms with E-state index in [2.05, 4.69) is 60.7 Å². The number of unbranched alkanes of at least 4 members (excludes halogenated alkanes) is 2. The lowest BCUT2D eigenvalue weighted by Crippen LogP contribution is -2.48. The second-order valence-electron chi connectivity index (χ2n) is 12.0. The van der Waals surface area contributed by atoms with Gasteiger partial charge in [-0.15, -0.1) is 0 Å². The van der Waals surface area contributed by atoms with Crippen molar-refractivity contribution in [2.45, 2.75) is 119 Å². The van der Waals surface area contributed by atoms with Crippen LogP contribution in [0.15, 0.2) is 0 Å². The summed E-state index contributed by atoms with van der Waals surface area (Å²) in [7, 11) is 0. The minimum atomic E-state index is -0.335. The summed E-state index contributed by atoms with van der Waals surface area (Å²) in [5.74, 6) is 2.54. The highest BCUT2D eigenvalue weighted by atomic mass is 32.2. The monoisotopic (exact) mass is 415 g/mol. The molecule has 1 amide bonds. The van der Waals surface area contributed by atoms with Crippen LogP contribution < -0.4 is 5.32 Å². The molecule has 4 heteroatoms. The summed E-state index contributed by atoms with van der Waals surface area (Å²) in [4.78, 5) is 12.3. The lowest BCUT2D eigenvalue weighted by atomic mass is 9.86. The Hall–Kier alpha value is -0.220. The quantitative estimate of drug-likeness (QED) is 0.334. The van der Waals surface area contributed by atoms with Gasteiger partial charge in [0.1, 0.15) is 0 Å². The molecule has 0 aromatic rings. The molecule has 0 rings (SSSR count). The molecule has 0 fully saturated rings. The first-order chi connectivity index (χ1) is 12.5. The first-order valence-electron chi connectivity index (χ1n) is 11.0. The molecule has 0 aliphatic rings. The van der Waals surface area contributed by atoms with Gasteiger partial charge in [0, 0.05) is 6.42 Å². The molecule has 0 heterocycles. The molecule has 168 valence electrons. The highest BCUT2D eigenvalue weighted by Crippen LogP contribution is 2.28. The van der Waals surface area contributed by atoms with E-state index in [1.54, 1.807) is 0 Å². The molecule has 0 spiro atoms. The standard InChI is InChI=1S/C24H49NO2S/c1-21(2,3)15-16-24(9,10)27-18-23(7,8)25-20(26)14-12-11-13-17-28-19-22(4,5)6/h11-19H2,1-10H3,(H,25,26). The lowest BCUT2D eigenvalue weighted by molar-refractivity contribution is -0.125. The Morgan fingerprint density at radius 3 is 1.96 bits per heavy atom. The topological polar surface area (TPSA) is 38.3 Å². The predicted octanol–water partition coefficient (Wildman–Crippen LogP) is 6.84. The molecule has 3 nitrogen and oxygen atoms in total. The predicted molar refractivity (Wildman–Crippen MR) is 126 cm³/mol. The Balaban J connectivity index is 4.01. The van der Waals surface area contributed by atoms with Crippen LogP contribution in [-0.2, 0) is 9.53 Å². The van der Waals surface area contributed by atoms with E-state index in [0.29, 0.717) is 23.9 Å². The molecule has 0 radical (unpaired) electrons. The van der Waals surface area contributed by atoms with Crippen LogP contribution in [0, 0.1) is 10.8 Å². The van der Waals surface area contributed by atoms with E-state index in [1.165, 1.54) is 17.9 Å². The van der Waals surface area contributed by atoms with Crippen molar-refractivity contribution >= 4 is 17.7 Å². The van der Waals surface area contributed by atoms with Gasteiger partial charge in [0.15, 0.2) is 0 Å². The van der Waals surface area contributed by atoms with Crippen molar-refractivity contribution in [3.63, 3.8) is 0 Å². The van der Waals surface area contributed by atoms with Crippen molar-refractivity contribution in [1.82, 2.24) is 5.32 Å². The van der Waals surface area contributed by atoms with Crippen molar-refractivity contribution in [2.75, 3.05) is 18.1 Å². The Bertz CT molecular complexity index is 445.